The molecule has 0 saturated carbocycles. The minimum Gasteiger partial charge on any atom is -0.467 e. The summed E-state index contributed by atoms with van der Waals surface area (Å²) in [6.45, 7) is 0. The van der Waals surface area contributed by atoms with Crippen LogP contribution in [0, 0.1) is 5.82 Å². The van der Waals surface area contributed by atoms with Crippen LogP contribution >= 0.6 is 0 Å². The van der Waals surface area contributed by atoms with E-state index in [1.807, 2.05) is 0 Å². The molecule has 0 saturated heterocycles. The Morgan fingerprint density at radius 1 is 1.33 bits per heavy atom. The maximum Gasteiger partial charge on any atom is 0.335 e. The van der Waals surface area contributed by atoms with Crippen molar-refractivity contribution in [3.8, 4) is 0 Å². The van der Waals surface area contributed by atoms with Crippen LogP contribution in [-0.4, -0.2) is 26.3 Å². The Labute approximate surface area is 87.8 Å². The van der Waals surface area contributed by atoms with Crippen LogP contribution in [-0.2, 0) is 20.7 Å². The van der Waals surface area contributed by atoms with E-state index in [0.717, 1.165) is 5.56 Å². The SMILES string of the molecule is COC(=O)C(Cc1ccc(F)cc1)OC. The highest BCUT2D eigenvalue weighted by molar-refractivity contribution is 5.74. The molecular formula is C11H13FO3. The molecular weight excluding hydrogens is 199 g/mol. The van der Waals surface area contributed by atoms with E-state index in [0.29, 0.717) is 6.42 Å². The molecule has 1 aromatic rings. The summed E-state index contributed by atoms with van der Waals surface area (Å²) >= 11 is 0. The number of benzene rings is 1. The molecule has 1 unspecified atom stereocenters. The minimum absolute atomic E-state index is 0.300. The van der Waals surface area contributed by atoms with Gasteiger partial charge in [0.05, 0.1) is 7.11 Å². The highest BCUT2D eigenvalue weighted by atomic mass is 19.1. The molecule has 1 rings (SSSR count). The zero-order valence-corrected chi connectivity index (χ0v) is 8.70. The Morgan fingerprint density at radius 3 is 2.40 bits per heavy atom. The van der Waals surface area contributed by atoms with Gasteiger partial charge in [-0.3, -0.25) is 0 Å². The summed E-state index contributed by atoms with van der Waals surface area (Å²) in [4.78, 5) is 11.2. The first kappa shape index (κ1) is 11.7. The van der Waals surface area contributed by atoms with E-state index in [9.17, 15) is 9.18 Å². The molecule has 0 spiro atoms. The van der Waals surface area contributed by atoms with Crippen molar-refractivity contribution in [2.45, 2.75) is 12.5 Å². The van der Waals surface area contributed by atoms with Crippen molar-refractivity contribution in [1.29, 1.82) is 0 Å². The summed E-state index contributed by atoms with van der Waals surface area (Å²) < 4.78 is 22.1. The molecule has 0 bridgehead atoms. The molecule has 15 heavy (non-hydrogen) atoms. The molecule has 0 aliphatic rings. The summed E-state index contributed by atoms with van der Waals surface area (Å²) in [5, 5.41) is 0. The van der Waals surface area contributed by atoms with Crippen molar-refractivity contribution in [2.75, 3.05) is 14.2 Å². The molecule has 0 heterocycles. The summed E-state index contributed by atoms with van der Waals surface area (Å²) in [7, 11) is 2.74. The first-order chi connectivity index (χ1) is 7.17. The number of methoxy groups -OCH3 is 2. The Morgan fingerprint density at radius 2 is 1.93 bits per heavy atom. The van der Waals surface area contributed by atoms with Crippen LogP contribution < -0.4 is 0 Å². The van der Waals surface area contributed by atoms with Gasteiger partial charge in [-0.15, -0.1) is 0 Å². The van der Waals surface area contributed by atoms with Crippen molar-refractivity contribution < 1.29 is 18.7 Å². The largest absolute Gasteiger partial charge is 0.467 e. The van der Waals surface area contributed by atoms with Crippen molar-refractivity contribution in [2.24, 2.45) is 0 Å². The predicted octanol–water partition coefficient (Wildman–Crippen LogP) is 1.56. The molecule has 4 heteroatoms. The smallest absolute Gasteiger partial charge is 0.335 e. The Bertz CT molecular complexity index is 321. The first-order valence-electron chi connectivity index (χ1n) is 4.52. The molecule has 0 N–H and O–H groups in total. The van der Waals surface area contributed by atoms with Crippen LogP contribution in [0.3, 0.4) is 0 Å². The van der Waals surface area contributed by atoms with Crippen molar-refractivity contribution in [1.82, 2.24) is 0 Å². The topological polar surface area (TPSA) is 35.5 Å². The second-order valence-corrected chi connectivity index (χ2v) is 3.08. The van der Waals surface area contributed by atoms with E-state index in [-0.39, 0.29) is 5.82 Å². The third kappa shape index (κ3) is 3.32. The molecule has 0 amide bonds. The van der Waals surface area contributed by atoms with Crippen LogP contribution in [0.2, 0.25) is 0 Å². The fraction of sp³-hybridized carbons (Fsp3) is 0.364. The van der Waals surface area contributed by atoms with Crippen molar-refractivity contribution in [3.05, 3.63) is 35.6 Å². The van der Waals surface area contributed by atoms with E-state index in [1.54, 1.807) is 12.1 Å². The van der Waals surface area contributed by atoms with Gasteiger partial charge in [0, 0.05) is 13.5 Å². The number of rotatable bonds is 4. The van der Waals surface area contributed by atoms with Gasteiger partial charge in [-0.2, -0.15) is 0 Å². The van der Waals surface area contributed by atoms with Gasteiger partial charge in [0.1, 0.15) is 5.82 Å². The lowest BCUT2D eigenvalue weighted by Crippen LogP contribution is -2.26. The number of carbonyl (C=O) groups excluding carboxylic acids is 1. The molecule has 0 aromatic heterocycles. The second-order valence-electron chi connectivity index (χ2n) is 3.08. The number of ether oxygens (including phenoxy) is 2. The fourth-order valence-corrected chi connectivity index (χ4v) is 1.23. The fourth-order valence-electron chi connectivity index (χ4n) is 1.23. The van der Waals surface area contributed by atoms with Gasteiger partial charge in [-0.25, -0.2) is 9.18 Å². The normalized spacial score (nSPS) is 12.2. The highest BCUT2D eigenvalue weighted by Crippen LogP contribution is 2.08. The average Bonchev–Trinajstić information content (AvgIpc) is 2.27. The van der Waals surface area contributed by atoms with Crippen molar-refractivity contribution >= 4 is 5.97 Å². The van der Waals surface area contributed by atoms with E-state index in [2.05, 4.69) is 4.74 Å². The zero-order chi connectivity index (χ0) is 11.3. The summed E-state index contributed by atoms with van der Waals surface area (Å²) in [5.41, 5.74) is 0.827. The van der Waals surface area contributed by atoms with Crippen LogP contribution in [0.1, 0.15) is 5.56 Å². The van der Waals surface area contributed by atoms with E-state index in [4.69, 9.17) is 4.74 Å². The van der Waals surface area contributed by atoms with Gasteiger partial charge in [-0.05, 0) is 17.7 Å². The molecule has 0 aliphatic carbocycles. The standard InChI is InChI=1S/C11H13FO3/c1-14-10(11(13)15-2)7-8-3-5-9(12)6-4-8/h3-6,10H,7H2,1-2H3. The van der Waals surface area contributed by atoms with Crippen LogP contribution in [0.4, 0.5) is 4.39 Å². The van der Waals surface area contributed by atoms with Gasteiger partial charge < -0.3 is 9.47 Å². The second kappa shape index (κ2) is 5.46. The molecule has 82 valence electrons. The van der Waals surface area contributed by atoms with Crippen molar-refractivity contribution in [3.63, 3.8) is 0 Å². The lowest BCUT2D eigenvalue weighted by molar-refractivity contribution is -0.152. The zero-order valence-electron chi connectivity index (χ0n) is 8.70. The van der Waals surface area contributed by atoms with Crippen LogP contribution in [0.5, 0.6) is 0 Å². The van der Waals surface area contributed by atoms with Crippen LogP contribution in [0.15, 0.2) is 24.3 Å². The Balaban J connectivity index is 2.66. The average molecular weight is 212 g/mol. The van der Waals surface area contributed by atoms with Gasteiger partial charge in [0.25, 0.3) is 0 Å². The number of hydrogen-bond donors (Lipinski definition) is 0. The molecule has 1 aromatic carbocycles. The Hall–Kier alpha value is -1.42. The molecule has 1 atom stereocenters. The minimum atomic E-state index is -0.638. The van der Waals surface area contributed by atoms with Crippen LogP contribution in [0.25, 0.3) is 0 Å². The first-order valence-corrected chi connectivity index (χ1v) is 4.52. The third-order valence-corrected chi connectivity index (χ3v) is 2.08. The predicted molar refractivity (Wildman–Crippen MR) is 52.9 cm³/mol. The maximum absolute atomic E-state index is 12.6. The van der Waals surface area contributed by atoms with E-state index in [1.165, 1.54) is 26.4 Å². The molecule has 0 aliphatic heterocycles. The maximum atomic E-state index is 12.6. The van der Waals surface area contributed by atoms with Gasteiger partial charge in [0.15, 0.2) is 6.10 Å². The third-order valence-electron chi connectivity index (χ3n) is 2.08. The van der Waals surface area contributed by atoms with Gasteiger partial charge in [0.2, 0.25) is 0 Å². The van der Waals surface area contributed by atoms with E-state index >= 15 is 0 Å². The number of carbonyl (C=O) groups is 1. The Kier molecular flexibility index (Phi) is 4.24. The quantitative estimate of drug-likeness (QED) is 0.710. The lowest BCUT2D eigenvalue weighted by Gasteiger charge is -2.12. The summed E-state index contributed by atoms with van der Waals surface area (Å²) in [5.74, 6) is -0.729. The number of halogens is 1. The number of esters is 1. The van der Waals surface area contributed by atoms with E-state index < -0.39 is 12.1 Å². The lowest BCUT2D eigenvalue weighted by atomic mass is 10.1. The van der Waals surface area contributed by atoms with Gasteiger partial charge in [-0.1, -0.05) is 12.1 Å². The molecule has 0 radical (unpaired) electrons. The monoisotopic (exact) mass is 212 g/mol. The summed E-state index contributed by atoms with van der Waals surface area (Å²) in [6.07, 6.45) is -0.260. The molecule has 0 fully saturated rings. The number of hydrogen-bond acceptors (Lipinski definition) is 3. The molecule has 3 nitrogen and oxygen atoms in total. The highest BCUT2D eigenvalue weighted by Gasteiger charge is 2.18. The van der Waals surface area contributed by atoms with Gasteiger partial charge >= 0.3 is 5.97 Å². The summed E-state index contributed by atoms with van der Waals surface area (Å²) in [6, 6.07) is 5.92.